The number of anilines is 1. The second kappa shape index (κ2) is 3.04. The lowest BCUT2D eigenvalue weighted by atomic mass is 10.2. The molecule has 56 valence electrons. The molecular weight excluding hydrogens is 140 g/mol. The highest BCUT2D eigenvalue weighted by molar-refractivity contribution is 5.49. The van der Waals surface area contributed by atoms with Crippen molar-refractivity contribution in [3.63, 3.8) is 0 Å². The van der Waals surface area contributed by atoms with Gasteiger partial charge in [0.2, 0.25) is 0 Å². The normalized spacial score (nSPS) is 9.09. The van der Waals surface area contributed by atoms with E-state index in [1.54, 1.807) is 12.1 Å². The molecule has 0 saturated carbocycles. The van der Waals surface area contributed by atoms with Gasteiger partial charge in [0.15, 0.2) is 0 Å². The molecule has 0 saturated heterocycles. The Hall–Kier alpha value is -1.53. The summed E-state index contributed by atoms with van der Waals surface area (Å²) in [4.78, 5) is 3.85. The zero-order valence-corrected chi connectivity index (χ0v) is 5.91. The van der Waals surface area contributed by atoms with E-state index in [-0.39, 0.29) is 6.61 Å². The maximum Gasteiger partial charge on any atom is 0.139 e. The molecule has 0 radical (unpaired) electrons. The van der Waals surface area contributed by atoms with Crippen LogP contribution in [0.5, 0.6) is 0 Å². The Morgan fingerprint density at radius 3 is 2.82 bits per heavy atom. The van der Waals surface area contributed by atoms with Gasteiger partial charge in [0.1, 0.15) is 5.82 Å². The summed E-state index contributed by atoms with van der Waals surface area (Å²) in [6, 6.07) is 3.30. The summed E-state index contributed by atoms with van der Waals surface area (Å²) in [5.74, 6) is 2.67. The van der Waals surface area contributed by atoms with Gasteiger partial charge in [0, 0.05) is 0 Å². The Balaban J connectivity index is 3.12. The van der Waals surface area contributed by atoms with E-state index in [9.17, 15) is 0 Å². The minimum absolute atomic E-state index is 0.116. The van der Waals surface area contributed by atoms with E-state index in [0.717, 1.165) is 0 Å². The lowest BCUT2D eigenvalue weighted by molar-refractivity contribution is 0.277. The Labute approximate surface area is 64.9 Å². The summed E-state index contributed by atoms with van der Waals surface area (Å²) in [6.45, 7) is -0.116. The second-order valence-corrected chi connectivity index (χ2v) is 2.04. The molecule has 11 heavy (non-hydrogen) atoms. The third-order valence-electron chi connectivity index (χ3n) is 1.30. The quantitative estimate of drug-likeness (QED) is 0.557. The van der Waals surface area contributed by atoms with Crippen molar-refractivity contribution in [3.05, 3.63) is 23.4 Å². The van der Waals surface area contributed by atoms with E-state index in [4.69, 9.17) is 17.3 Å². The van der Waals surface area contributed by atoms with Gasteiger partial charge >= 0.3 is 0 Å². The van der Waals surface area contributed by atoms with Gasteiger partial charge in [-0.2, -0.15) is 0 Å². The van der Waals surface area contributed by atoms with Crippen molar-refractivity contribution < 1.29 is 5.11 Å². The van der Waals surface area contributed by atoms with Gasteiger partial charge in [-0.3, -0.25) is 0 Å². The zero-order valence-electron chi connectivity index (χ0n) is 5.91. The molecule has 3 N–H and O–H groups in total. The van der Waals surface area contributed by atoms with Crippen LogP contribution in [0.25, 0.3) is 0 Å². The third-order valence-corrected chi connectivity index (χ3v) is 1.30. The lowest BCUT2D eigenvalue weighted by Crippen LogP contribution is -1.98. The highest BCUT2D eigenvalue weighted by Gasteiger charge is 1.97. The molecule has 0 spiro atoms. The van der Waals surface area contributed by atoms with E-state index in [1.165, 1.54) is 0 Å². The monoisotopic (exact) mass is 148 g/mol. The number of nitrogens with zero attached hydrogens (tertiary/aromatic N) is 1. The first-order valence-electron chi connectivity index (χ1n) is 3.11. The SMILES string of the molecule is C#Cc1ccc(CO)nc1N. The number of hydrogen-bond donors (Lipinski definition) is 2. The maximum atomic E-state index is 8.66. The largest absolute Gasteiger partial charge is 0.390 e. The summed E-state index contributed by atoms with van der Waals surface area (Å²) in [5, 5.41) is 8.66. The molecule has 0 unspecified atom stereocenters. The number of aliphatic hydroxyl groups excluding tert-OH is 1. The van der Waals surface area contributed by atoms with Gasteiger partial charge < -0.3 is 10.8 Å². The van der Waals surface area contributed by atoms with Gasteiger partial charge in [-0.1, -0.05) is 5.92 Å². The molecule has 0 aliphatic carbocycles. The van der Waals surface area contributed by atoms with Crippen LogP contribution in [0.1, 0.15) is 11.3 Å². The van der Waals surface area contributed by atoms with Crippen molar-refractivity contribution in [2.24, 2.45) is 0 Å². The third kappa shape index (κ3) is 1.48. The molecule has 0 bridgehead atoms. The van der Waals surface area contributed by atoms with Crippen LogP contribution in [0.3, 0.4) is 0 Å². The number of pyridine rings is 1. The van der Waals surface area contributed by atoms with Crippen LogP contribution < -0.4 is 5.73 Å². The molecule has 0 fully saturated rings. The van der Waals surface area contributed by atoms with Gasteiger partial charge in [0.05, 0.1) is 17.9 Å². The molecule has 1 aromatic heterocycles. The van der Waals surface area contributed by atoms with E-state index >= 15 is 0 Å². The smallest absolute Gasteiger partial charge is 0.139 e. The van der Waals surface area contributed by atoms with Crippen LogP contribution in [0.15, 0.2) is 12.1 Å². The molecule has 3 nitrogen and oxygen atoms in total. The molecule has 1 heterocycles. The first-order chi connectivity index (χ1) is 5.27. The predicted octanol–water partition coefficient (Wildman–Crippen LogP) is 0.137. The van der Waals surface area contributed by atoms with Gasteiger partial charge in [-0.25, -0.2) is 4.98 Å². The highest BCUT2D eigenvalue weighted by atomic mass is 16.3. The van der Waals surface area contributed by atoms with Crippen molar-refractivity contribution in [1.82, 2.24) is 4.98 Å². The number of hydrogen-bond acceptors (Lipinski definition) is 3. The lowest BCUT2D eigenvalue weighted by Gasteiger charge is -1.98. The van der Waals surface area contributed by atoms with Crippen LogP contribution >= 0.6 is 0 Å². The van der Waals surface area contributed by atoms with Crippen LogP contribution in [0, 0.1) is 12.3 Å². The number of nitrogen functional groups attached to an aromatic ring is 1. The summed E-state index contributed by atoms with van der Waals surface area (Å²) >= 11 is 0. The Bertz CT molecular complexity index is 301. The molecule has 0 atom stereocenters. The Morgan fingerprint density at radius 1 is 1.64 bits per heavy atom. The highest BCUT2D eigenvalue weighted by Crippen LogP contribution is 2.07. The predicted molar refractivity (Wildman–Crippen MR) is 42.5 cm³/mol. The summed E-state index contributed by atoms with van der Waals surface area (Å²) < 4.78 is 0. The molecule has 0 aromatic carbocycles. The standard InChI is InChI=1S/C8H8N2O/c1-2-6-3-4-7(5-11)10-8(6)9/h1,3-4,11H,5H2,(H2,9,10). The number of nitrogens with two attached hydrogens (primary N) is 1. The average molecular weight is 148 g/mol. The summed E-state index contributed by atoms with van der Waals surface area (Å²) in [6.07, 6.45) is 5.11. The summed E-state index contributed by atoms with van der Waals surface area (Å²) in [7, 11) is 0. The molecule has 0 amide bonds. The molecular formula is C8H8N2O. The first kappa shape index (κ1) is 7.58. The summed E-state index contributed by atoms with van der Waals surface area (Å²) in [5.41, 5.74) is 6.53. The van der Waals surface area contributed by atoms with Crippen molar-refractivity contribution in [1.29, 1.82) is 0 Å². The average Bonchev–Trinajstić information content (AvgIpc) is 2.04. The maximum absolute atomic E-state index is 8.66. The van der Waals surface area contributed by atoms with Crippen molar-refractivity contribution >= 4 is 5.82 Å². The van der Waals surface area contributed by atoms with Gasteiger partial charge in [-0.05, 0) is 12.1 Å². The molecule has 1 rings (SSSR count). The Morgan fingerprint density at radius 2 is 2.36 bits per heavy atom. The van der Waals surface area contributed by atoms with Crippen LogP contribution in [0.2, 0.25) is 0 Å². The minimum atomic E-state index is -0.116. The van der Waals surface area contributed by atoms with E-state index in [2.05, 4.69) is 10.9 Å². The Kier molecular flexibility index (Phi) is 2.09. The van der Waals surface area contributed by atoms with Gasteiger partial charge in [-0.15, -0.1) is 6.42 Å². The van der Waals surface area contributed by atoms with E-state index < -0.39 is 0 Å². The first-order valence-corrected chi connectivity index (χ1v) is 3.11. The molecule has 0 aliphatic rings. The number of aliphatic hydroxyl groups is 1. The fourth-order valence-electron chi connectivity index (χ4n) is 0.727. The second-order valence-electron chi connectivity index (χ2n) is 2.04. The van der Waals surface area contributed by atoms with Crippen molar-refractivity contribution in [2.45, 2.75) is 6.61 Å². The number of aromatic nitrogens is 1. The zero-order chi connectivity index (χ0) is 8.27. The topological polar surface area (TPSA) is 59.1 Å². The molecule has 0 aliphatic heterocycles. The van der Waals surface area contributed by atoms with Crippen molar-refractivity contribution in [3.8, 4) is 12.3 Å². The van der Waals surface area contributed by atoms with Crippen LogP contribution in [0.4, 0.5) is 5.82 Å². The van der Waals surface area contributed by atoms with Crippen molar-refractivity contribution in [2.75, 3.05) is 5.73 Å². The minimum Gasteiger partial charge on any atom is -0.390 e. The van der Waals surface area contributed by atoms with Gasteiger partial charge in [0.25, 0.3) is 0 Å². The van der Waals surface area contributed by atoms with Crippen LogP contribution in [-0.2, 0) is 6.61 Å². The fourth-order valence-corrected chi connectivity index (χ4v) is 0.727. The van der Waals surface area contributed by atoms with E-state index in [0.29, 0.717) is 17.1 Å². The molecule has 1 aromatic rings. The van der Waals surface area contributed by atoms with E-state index in [1.807, 2.05) is 0 Å². The fraction of sp³-hybridized carbons (Fsp3) is 0.125. The molecule has 3 heteroatoms. The van der Waals surface area contributed by atoms with Crippen LogP contribution in [-0.4, -0.2) is 10.1 Å². The number of rotatable bonds is 1. The number of terminal acetylenes is 1.